The third-order valence-corrected chi connectivity index (χ3v) is 4.31. The number of benzene rings is 2. The predicted octanol–water partition coefficient (Wildman–Crippen LogP) is 2.63. The Balaban J connectivity index is 2.43. The molecule has 0 saturated heterocycles. The van der Waals surface area contributed by atoms with Crippen molar-refractivity contribution < 1.29 is 13.3 Å². The third kappa shape index (κ3) is 3.23. The van der Waals surface area contributed by atoms with Gasteiger partial charge in [0.25, 0.3) is 15.7 Å². The van der Waals surface area contributed by atoms with Gasteiger partial charge in [-0.05, 0) is 24.3 Å². The molecule has 2 aromatic carbocycles. The highest BCUT2D eigenvalue weighted by atomic mass is 35.5. The zero-order valence-electron chi connectivity index (χ0n) is 10.5. The summed E-state index contributed by atoms with van der Waals surface area (Å²) in [5, 5.41) is 10.7. The fraction of sp³-hybridized carbons (Fsp3) is 0. The van der Waals surface area contributed by atoms with Gasteiger partial charge in [-0.15, -0.1) is 0 Å². The first-order valence-electron chi connectivity index (χ1n) is 5.62. The minimum Gasteiger partial charge on any atom is -0.397 e. The summed E-state index contributed by atoms with van der Waals surface area (Å²) in [7, 11) is -4.00. The maximum atomic E-state index is 12.2. The van der Waals surface area contributed by atoms with E-state index >= 15 is 0 Å². The zero-order chi connectivity index (χ0) is 15.6. The molecule has 0 unspecified atom stereocenters. The number of para-hydroxylation sites is 2. The normalized spacial score (nSPS) is 11.1. The second-order valence-electron chi connectivity index (χ2n) is 4.06. The Kier molecular flexibility index (Phi) is 4.01. The van der Waals surface area contributed by atoms with Gasteiger partial charge in [0.15, 0.2) is 0 Å². The van der Waals surface area contributed by atoms with Gasteiger partial charge in [-0.3, -0.25) is 14.8 Å². The summed E-state index contributed by atoms with van der Waals surface area (Å²) in [6.07, 6.45) is 0. The van der Waals surface area contributed by atoms with E-state index in [1.807, 2.05) is 0 Å². The fourth-order valence-corrected chi connectivity index (χ4v) is 2.89. The highest BCUT2D eigenvalue weighted by molar-refractivity contribution is 7.92. The van der Waals surface area contributed by atoms with E-state index in [0.717, 1.165) is 12.1 Å². The molecule has 0 atom stereocenters. The lowest BCUT2D eigenvalue weighted by Gasteiger charge is -2.10. The summed E-state index contributed by atoms with van der Waals surface area (Å²) in [6, 6.07) is 9.50. The highest BCUT2D eigenvalue weighted by Crippen LogP contribution is 2.28. The lowest BCUT2D eigenvalue weighted by atomic mass is 10.3. The summed E-state index contributed by atoms with van der Waals surface area (Å²) >= 11 is 5.65. The van der Waals surface area contributed by atoms with Crippen LogP contribution < -0.4 is 10.5 Å². The average molecular weight is 328 g/mol. The summed E-state index contributed by atoms with van der Waals surface area (Å²) in [6.45, 7) is 0. The molecule has 0 spiro atoms. The monoisotopic (exact) mass is 327 g/mol. The van der Waals surface area contributed by atoms with Crippen molar-refractivity contribution >= 4 is 38.7 Å². The first kappa shape index (κ1) is 15.1. The van der Waals surface area contributed by atoms with Crippen LogP contribution >= 0.6 is 11.6 Å². The van der Waals surface area contributed by atoms with Crippen molar-refractivity contribution in [1.29, 1.82) is 0 Å². The predicted molar refractivity (Wildman–Crippen MR) is 79.8 cm³/mol. The molecule has 0 bridgehead atoms. The van der Waals surface area contributed by atoms with Crippen LogP contribution in [0.5, 0.6) is 0 Å². The molecule has 0 saturated carbocycles. The van der Waals surface area contributed by atoms with Crippen LogP contribution in [0, 0.1) is 10.1 Å². The minimum absolute atomic E-state index is 0.141. The average Bonchev–Trinajstić information content (AvgIpc) is 2.41. The summed E-state index contributed by atoms with van der Waals surface area (Å²) in [5.41, 5.74) is 5.60. The molecular weight excluding hydrogens is 318 g/mol. The van der Waals surface area contributed by atoms with E-state index in [2.05, 4.69) is 4.72 Å². The van der Waals surface area contributed by atoms with Crippen molar-refractivity contribution in [3.05, 3.63) is 57.6 Å². The van der Waals surface area contributed by atoms with E-state index < -0.39 is 20.6 Å². The van der Waals surface area contributed by atoms with E-state index in [9.17, 15) is 18.5 Å². The van der Waals surface area contributed by atoms with Crippen LogP contribution in [0.15, 0.2) is 47.4 Å². The molecule has 2 aromatic rings. The first-order valence-corrected chi connectivity index (χ1v) is 7.48. The molecule has 0 fully saturated rings. The number of nitrogens with two attached hydrogens (primary N) is 1. The van der Waals surface area contributed by atoms with Crippen molar-refractivity contribution in [3.8, 4) is 0 Å². The van der Waals surface area contributed by atoms with Crippen LogP contribution in [0.3, 0.4) is 0 Å². The summed E-state index contributed by atoms with van der Waals surface area (Å²) < 4.78 is 26.7. The first-order chi connectivity index (χ1) is 9.81. The van der Waals surface area contributed by atoms with Crippen molar-refractivity contribution in [3.63, 3.8) is 0 Å². The van der Waals surface area contributed by atoms with Gasteiger partial charge in [0, 0.05) is 6.07 Å². The van der Waals surface area contributed by atoms with Crippen LogP contribution in [0.25, 0.3) is 0 Å². The van der Waals surface area contributed by atoms with Crippen molar-refractivity contribution in [2.75, 3.05) is 10.5 Å². The quantitative estimate of drug-likeness (QED) is 0.508. The second-order valence-corrected chi connectivity index (χ2v) is 6.15. The molecule has 9 heteroatoms. The molecule has 110 valence electrons. The number of sulfonamides is 1. The number of hydrogen-bond acceptors (Lipinski definition) is 5. The molecule has 0 aliphatic carbocycles. The van der Waals surface area contributed by atoms with Crippen LogP contribution in [-0.2, 0) is 10.0 Å². The van der Waals surface area contributed by atoms with Gasteiger partial charge in [-0.1, -0.05) is 23.7 Å². The number of nitro groups is 1. The Bertz CT molecular complexity index is 808. The van der Waals surface area contributed by atoms with Gasteiger partial charge >= 0.3 is 0 Å². The largest absolute Gasteiger partial charge is 0.397 e. The molecular formula is C12H10ClN3O4S. The van der Waals surface area contributed by atoms with E-state index in [1.54, 1.807) is 12.1 Å². The fourth-order valence-electron chi connectivity index (χ4n) is 1.59. The topological polar surface area (TPSA) is 115 Å². The lowest BCUT2D eigenvalue weighted by Crippen LogP contribution is -2.14. The van der Waals surface area contributed by atoms with E-state index in [0.29, 0.717) is 0 Å². The maximum absolute atomic E-state index is 12.2. The standard InChI is InChI=1S/C12H10ClN3O4S/c13-9-6-5-8(7-12(9)16(17)18)21(19,20)15-11-4-2-1-3-10(11)14/h1-7,15H,14H2. The van der Waals surface area contributed by atoms with Gasteiger partial charge in [0.2, 0.25) is 0 Å². The number of rotatable bonds is 4. The number of nitrogens with zero attached hydrogens (tertiary/aromatic N) is 1. The van der Waals surface area contributed by atoms with E-state index in [-0.39, 0.29) is 21.3 Å². The Morgan fingerprint density at radius 2 is 1.86 bits per heavy atom. The lowest BCUT2D eigenvalue weighted by molar-refractivity contribution is -0.384. The number of anilines is 2. The molecule has 0 aliphatic rings. The molecule has 21 heavy (non-hydrogen) atoms. The molecule has 0 aliphatic heterocycles. The molecule has 3 N–H and O–H groups in total. The van der Waals surface area contributed by atoms with Crippen molar-refractivity contribution in [2.45, 2.75) is 4.90 Å². The van der Waals surface area contributed by atoms with Gasteiger partial charge < -0.3 is 5.73 Å². The van der Waals surface area contributed by atoms with Gasteiger partial charge in [0.1, 0.15) is 5.02 Å². The Morgan fingerprint density at radius 1 is 1.19 bits per heavy atom. The number of hydrogen-bond donors (Lipinski definition) is 2. The smallest absolute Gasteiger partial charge is 0.289 e. The highest BCUT2D eigenvalue weighted by Gasteiger charge is 2.21. The number of nitro benzene ring substituents is 1. The van der Waals surface area contributed by atoms with Crippen molar-refractivity contribution in [2.24, 2.45) is 0 Å². The molecule has 0 aromatic heterocycles. The second kappa shape index (κ2) is 5.58. The molecule has 7 nitrogen and oxygen atoms in total. The van der Waals surface area contributed by atoms with E-state index in [1.165, 1.54) is 18.2 Å². The molecule has 0 heterocycles. The molecule has 0 radical (unpaired) electrons. The zero-order valence-corrected chi connectivity index (χ0v) is 12.1. The van der Waals surface area contributed by atoms with Crippen LogP contribution in [0.4, 0.5) is 17.1 Å². The number of nitrogens with one attached hydrogen (secondary N) is 1. The molecule has 0 amide bonds. The maximum Gasteiger partial charge on any atom is 0.289 e. The minimum atomic E-state index is -4.00. The Labute approximate surface area is 125 Å². The Hall–Kier alpha value is -2.32. The number of nitrogen functional groups attached to an aromatic ring is 1. The van der Waals surface area contributed by atoms with E-state index in [4.69, 9.17) is 17.3 Å². The van der Waals surface area contributed by atoms with Crippen LogP contribution in [0.2, 0.25) is 5.02 Å². The SMILES string of the molecule is Nc1ccccc1NS(=O)(=O)c1ccc(Cl)c([N+](=O)[O-])c1. The van der Waals surface area contributed by atoms with Crippen molar-refractivity contribution in [1.82, 2.24) is 0 Å². The van der Waals surface area contributed by atoms with Gasteiger partial charge in [0.05, 0.1) is 21.2 Å². The summed E-state index contributed by atoms with van der Waals surface area (Å²) in [5.74, 6) is 0. The van der Waals surface area contributed by atoms with Crippen LogP contribution in [0.1, 0.15) is 0 Å². The van der Waals surface area contributed by atoms with Gasteiger partial charge in [-0.25, -0.2) is 8.42 Å². The third-order valence-electron chi connectivity index (χ3n) is 2.63. The summed E-state index contributed by atoms with van der Waals surface area (Å²) in [4.78, 5) is 9.77. The molecule has 2 rings (SSSR count). The van der Waals surface area contributed by atoms with Crippen LogP contribution in [-0.4, -0.2) is 13.3 Å². The Morgan fingerprint density at radius 3 is 2.48 bits per heavy atom. The number of halogens is 1. The van der Waals surface area contributed by atoms with Gasteiger partial charge in [-0.2, -0.15) is 0 Å².